The van der Waals surface area contributed by atoms with Crippen molar-refractivity contribution in [3.05, 3.63) is 40.7 Å². The van der Waals surface area contributed by atoms with Crippen LogP contribution in [0.3, 0.4) is 0 Å². The SMILES string of the molecule is O=C(O)CCCCCCC1C(O)CC(O)C1CCC(O)/C=C/c1cccc(Cl)c1F. The third-order valence-corrected chi connectivity index (χ3v) is 6.27. The number of carbonyl (C=O) groups is 1. The van der Waals surface area contributed by atoms with E-state index >= 15 is 0 Å². The van der Waals surface area contributed by atoms with E-state index in [9.17, 15) is 24.5 Å². The van der Waals surface area contributed by atoms with Gasteiger partial charge >= 0.3 is 5.97 Å². The molecule has 1 fully saturated rings. The zero-order valence-electron chi connectivity index (χ0n) is 17.1. The zero-order chi connectivity index (χ0) is 22.1. The summed E-state index contributed by atoms with van der Waals surface area (Å²) in [5.74, 6) is -1.43. The number of benzene rings is 1. The molecule has 168 valence electrons. The molecule has 0 saturated heterocycles. The molecule has 0 heterocycles. The average molecular weight is 443 g/mol. The minimum Gasteiger partial charge on any atom is -0.481 e. The number of hydrogen-bond acceptors (Lipinski definition) is 4. The van der Waals surface area contributed by atoms with Crippen LogP contribution in [0.4, 0.5) is 4.39 Å². The van der Waals surface area contributed by atoms with Gasteiger partial charge < -0.3 is 20.4 Å². The molecular weight excluding hydrogens is 411 g/mol. The highest BCUT2D eigenvalue weighted by Gasteiger charge is 2.40. The van der Waals surface area contributed by atoms with Gasteiger partial charge in [0.05, 0.1) is 23.3 Å². The maximum absolute atomic E-state index is 13.9. The fraction of sp³-hybridized carbons (Fsp3) is 0.609. The van der Waals surface area contributed by atoms with Gasteiger partial charge in [-0.25, -0.2) is 4.39 Å². The summed E-state index contributed by atoms with van der Waals surface area (Å²) in [4.78, 5) is 10.5. The van der Waals surface area contributed by atoms with Gasteiger partial charge in [0.25, 0.3) is 0 Å². The molecule has 0 radical (unpaired) electrons. The van der Waals surface area contributed by atoms with Crippen LogP contribution >= 0.6 is 11.6 Å². The maximum atomic E-state index is 13.9. The molecule has 2 rings (SSSR count). The number of aliphatic hydroxyl groups is 3. The number of aliphatic hydroxyl groups excluding tert-OH is 3. The molecule has 0 bridgehead atoms. The van der Waals surface area contributed by atoms with Crippen molar-refractivity contribution in [2.24, 2.45) is 11.8 Å². The summed E-state index contributed by atoms with van der Waals surface area (Å²) >= 11 is 5.76. The van der Waals surface area contributed by atoms with Gasteiger partial charge in [0.15, 0.2) is 0 Å². The van der Waals surface area contributed by atoms with E-state index < -0.39 is 30.1 Å². The zero-order valence-corrected chi connectivity index (χ0v) is 17.8. The van der Waals surface area contributed by atoms with Crippen molar-refractivity contribution in [3.8, 4) is 0 Å². The summed E-state index contributed by atoms with van der Waals surface area (Å²) in [6, 6.07) is 4.68. The van der Waals surface area contributed by atoms with E-state index in [4.69, 9.17) is 16.7 Å². The first-order valence-electron chi connectivity index (χ1n) is 10.7. The largest absolute Gasteiger partial charge is 0.481 e. The minimum atomic E-state index is -0.787. The minimum absolute atomic E-state index is 0.0268. The van der Waals surface area contributed by atoms with Crippen LogP contribution in [0, 0.1) is 17.7 Å². The molecule has 1 saturated carbocycles. The fourth-order valence-electron chi connectivity index (χ4n) is 4.31. The standard InChI is InChI=1S/C23H32ClFO5/c24-19-8-5-6-15(23(19)25)10-11-16(26)12-13-18-17(20(27)14-21(18)28)7-3-1-2-4-9-22(29)30/h5-6,8,10-11,16-18,20-21,26-28H,1-4,7,9,12-14H2,(H,29,30)/b11-10+. The molecule has 0 aromatic heterocycles. The fourth-order valence-corrected chi connectivity index (χ4v) is 4.50. The number of halogens is 2. The summed E-state index contributed by atoms with van der Waals surface area (Å²) in [5, 5.41) is 39.6. The number of carboxylic acid groups (broad SMARTS) is 1. The second-order valence-corrected chi connectivity index (χ2v) is 8.60. The molecule has 7 heteroatoms. The Labute approximate surface area is 182 Å². The van der Waals surface area contributed by atoms with E-state index in [1.54, 1.807) is 12.1 Å². The highest BCUT2D eigenvalue weighted by molar-refractivity contribution is 6.30. The molecule has 5 unspecified atom stereocenters. The van der Waals surface area contributed by atoms with Crippen molar-refractivity contribution < 1.29 is 29.6 Å². The van der Waals surface area contributed by atoms with Crippen LogP contribution in [-0.2, 0) is 4.79 Å². The Morgan fingerprint density at radius 1 is 1.13 bits per heavy atom. The van der Waals surface area contributed by atoms with E-state index in [-0.39, 0.29) is 23.3 Å². The highest BCUT2D eigenvalue weighted by atomic mass is 35.5. The predicted molar refractivity (Wildman–Crippen MR) is 115 cm³/mol. The third kappa shape index (κ3) is 7.65. The lowest BCUT2D eigenvalue weighted by Gasteiger charge is -2.24. The van der Waals surface area contributed by atoms with E-state index in [1.165, 1.54) is 18.2 Å². The topological polar surface area (TPSA) is 98.0 Å². The first-order valence-corrected chi connectivity index (χ1v) is 11.1. The van der Waals surface area contributed by atoms with Gasteiger partial charge in [0.2, 0.25) is 0 Å². The second-order valence-electron chi connectivity index (χ2n) is 8.19. The van der Waals surface area contributed by atoms with Crippen molar-refractivity contribution in [2.45, 2.75) is 76.1 Å². The molecule has 1 aromatic rings. The Morgan fingerprint density at radius 2 is 1.80 bits per heavy atom. The van der Waals surface area contributed by atoms with Gasteiger partial charge in [-0.3, -0.25) is 4.79 Å². The van der Waals surface area contributed by atoms with Crippen LogP contribution in [0.1, 0.15) is 63.4 Å². The van der Waals surface area contributed by atoms with E-state index in [0.29, 0.717) is 31.2 Å². The smallest absolute Gasteiger partial charge is 0.303 e. The van der Waals surface area contributed by atoms with Gasteiger partial charge in [-0.05, 0) is 50.0 Å². The van der Waals surface area contributed by atoms with Crippen LogP contribution in [0.25, 0.3) is 6.08 Å². The van der Waals surface area contributed by atoms with E-state index in [2.05, 4.69) is 0 Å². The molecule has 5 atom stereocenters. The maximum Gasteiger partial charge on any atom is 0.303 e. The van der Waals surface area contributed by atoms with E-state index in [1.807, 2.05) is 0 Å². The number of aliphatic carboxylic acids is 1. The predicted octanol–water partition coefficient (Wildman–Crippen LogP) is 4.42. The Morgan fingerprint density at radius 3 is 2.50 bits per heavy atom. The van der Waals surface area contributed by atoms with Crippen LogP contribution < -0.4 is 0 Å². The van der Waals surface area contributed by atoms with Crippen LogP contribution in [0.5, 0.6) is 0 Å². The lowest BCUT2D eigenvalue weighted by Crippen LogP contribution is -2.23. The van der Waals surface area contributed by atoms with Crippen molar-refractivity contribution >= 4 is 23.6 Å². The molecule has 0 spiro atoms. The Kier molecular flexibility index (Phi) is 10.2. The second kappa shape index (κ2) is 12.4. The average Bonchev–Trinajstić information content (AvgIpc) is 2.96. The van der Waals surface area contributed by atoms with Crippen LogP contribution in [0.15, 0.2) is 24.3 Å². The van der Waals surface area contributed by atoms with Crippen molar-refractivity contribution in [3.63, 3.8) is 0 Å². The Balaban J connectivity index is 1.80. The summed E-state index contributed by atoms with van der Waals surface area (Å²) < 4.78 is 13.9. The van der Waals surface area contributed by atoms with Gasteiger partial charge in [0, 0.05) is 12.0 Å². The molecule has 1 aromatic carbocycles. The first kappa shape index (κ1) is 24.8. The molecule has 5 nitrogen and oxygen atoms in total. The lowest BCUT2D eigenvalue weighted by molar-refractivity contribution is -0.137. The highest BCUT2D eigenvalue weighted by Crippen LogP contribution is 2.39. The molecule has 0 amide bonds. The third-order valence-electron chi connectivity index (χ3n) is 5.97. The molecule has 30 heavy (non-hydrogen) atoms. The molecular formula is C23H32ClFO5. The van der Waals surface area contributed by atoms with Gasteiger partial charge in [0.1, 0.15) is 5.82 Å². The van der Waals surface area contributed by atoms with Crippen LogP contribution in [-0.4, -0.2) is 44.7 Å². The Hall–Kier alpha value is -1.47. The van der Waals surface area contributed by atoms with Crippen molar-refractivity contribution in [1.29, 1.82) is 0 Å². The van der Waals surface area contributed by atoms with E-state index in [0.717, 1.165) is 25.7 Å². The molecule has 0 aliphatic heterocycles. The Bertz CT molecular complexity index is 711. The summed E-state index contributed by atoms with van der Waals surface area (Å²) in [6.07, 6.45) is 6.60. The number of rotatable bonds is 12. The summed E-state index contributed by atoms with van der Waals surface area (Å²) in [6.45, 7) is 0. The molecule has 4 N–H and O–H groups in total. The van der Waals surface area contributed by atoms with Gasteiger partial charge in [-0.2, -0.15) is 0 Å². The van der Waals surface area contributed by atoms with Crippen molar-refractivity contribution in [2.75, 3.05) is 0 Å². The molecule has 1 aliphatic carbocycles. The van der Waals surface area contributed by atoms with Crippen molar-refractivity contribution in [1.82, 2.24) is 0 Å². The summed E-state index contributed by atoms with van der Waals surface area (Å²) in [7, 11) is 0. The number of unbranched alkanes of at least 4 members (excludes halogenated alkanes) is 3. The van der Waals surface area contributed by atoms with Gasteiger partial charge in [-0.15, -0.1) is 0 Å². The first-order chi connectivity index (χ1) is 14.3. The van der Waals surface area contributed by atoms with Crippen LogP contribution in [0.2, 0.25) is 5.02 Å². The summed E-state index contributed by atoms with van der Waals surface area (Å²) in [5.41, 5.74) is 0.304. The molecule has 1 aliphatic rings. The quantitative estimate of drug-likeness (QED) is 0.359. The lowest BCUT2D eigenvalue weighted by atomic mass is 9.85. The normalized spacial score (nSPS) is 25.1. The number of carboxylic acids is 1. The monoisotopic (exact) mass is 442 g/mol. The van der Waals surface area contributed by atoms with Gasteiger partial charge in [-0.1, -0.05) is 55.1 Å². The number of hydrogen-bond donors (Lipinski definition) is 4.